The lowest BCUT2D eigenvalue weighted by molar-refractivity contribution is 0.754. The average molecular weight is 270 g/mol. The second-order valence-electron chi connectivity index (χ2n) is 3.78. The summed E-state index contributed by atoms with van der Waals surface area (Å²) in [6.45, 7) is 4.20. The van der Waals surface area contributed by atoms with Crippen molar-refractivity contribution in [2.75, 3.05) is 11.9 Å². The van der Waals surface area contributed by atoms with Crippen molar-refractivity contribution in [2.24, 2.45) is 5.73 Å². The van der Waals surface area contributed by atoms with Crippen molar-refractivity contribution in [1.82, 2.24) is 0 Å². The molecule has 0 atom stereocenters. The summed E-state index contributed by atoms with van der Waals surface area (Å²) in [4.78, 5) is 2.10. The Hall–Kier alpha value is -1.03. The molecule has 0 aliphatic rings. The molecule has 0 bridgehead atoms. The highest BCUT2D eigenvalue weighted by molar-refractivity contribution is 9.10. The van der Waals surface area contributed by atoms with Gasteiger partial charge in [0.1, 0.15) is 5.84 Å². The van der Waals surface area contributed by atoms with Gasteiger partial charge in [0.05, 0.1) is 0 Å². The molecule has 0 saturated heterocycles. The van der Waals surface area contributed by atoms with Crippen LogP contribution in [0, 0.1) is 5.41 Å². The Kier molecular flexibility index (Phi) is 3.74. The van der Waals surface area contributed by atoms with Gasteiger partial charge in [0, 0.05) is 28.8 Å². The van der Waals surface area contributed by atoms with Crippen molar-refractivity contribution in [1.29, 1.82) is 5.41 Å². The first-order chi connectivity index (χ1) is 6.93. The van der Waals surface area contributed by atoms with Gasteiger partial charge in [0.2, 0.25) is 0 Å². The zero-order valence-electron chi connectivity index (χ0n) is 9.21. The second-order valence-corrected chi connectivity index (χ2v) is 4.70. The van der Waals surface area contributed by atoms with E-state index in [4.69, 9.17) is 11.1 Å². The zero-order valence-corrected chi connectivity index (χ0v) is 10.8. The van der Waals surface area contributed by atoms with E-state index >= 15 is 0 Å². The third-order valence-electron chi connectivity index (χ3n) is 2.40. The van der Waals surface area contributed by atoms with E-state index in [-0.39, 0.29) is 5.84 Å². The minimum absolute atomic E-state index is 0.102. The standard InChI is InChI=1S/C11H16BrN3/c1-7(2)15(3)10-6-8(12)4-5-9(10)11(13)14/h4-7H,1-3H3,(H3,13,14). The van der Waals surface area contributed by atoms with E-state index in [1.807, 2.05) is 25.2 Å². The summed E-state index contributed by atoms with van der Waals surface area (Å²) in [6.07, 6.45) is 0. The van der Waals surface area contributed by atoms with Crippen molar-refractivity contribution in [2.45, 2.75) is 19.9 Å². The Morgan fingerprint density at radius 1 is 1.47 bits per heavy atom. The number of nitrogens with two attached hydrogens (primary N) is 1. The number of rotatable bonds is 3. The first kappa shape index (κ1) is 12.0. The monoisotopic (exact) mass is 269 g/mol. The molecule has 0 aliphatic heterocycles. The summed E-state index contributed by atoms with van der Waals surface area (Å²) in [6, 6.07) is 6.11. The van der Waals surface area contributed by atoms with E-state index in [9.17, 15) is 0 Å². The van der Waals surface area contributed by atoms with Gasteiger partial charge in [0.25, 0.3) is 0 Å². The predicted octanol–water partition coefficient (Wildman–Crippen LogP) is 2.58. The topological polar surface area (TPSA) is 53.1 Å². The second kappa shape index (κ2) is 4.66. The van der Waals surface area contributed by atoms with E-state index < -0.39 is 0 Å². The van der Waals surface area contributed by atoms with Crippen LogP contribution >= 0.6 is 15.9 Å². The van der Waals surface area contributed by atoms with Gasteiger partial charge in [-0.05, 0) is 32.0 Å². The van der Waals surface area contributed by atoms with Crippen LogP contribution in [0.1, 0.15) is 19.4 Å². The van der Waals surface area contributed by atoms with Gasteiger partial charge >= 0.3 is 0 Å². The Balaban J connectivity index is 3.24. The molecule has 0 aromatic heterocycles. The van der Waals surface area contributed by atoms with Gasteiger partial charge in [-0.25, -0.2) is 0 Å². The smallest absolute Gasteiger partial charge is 0.124 e. The number of nitrogens with one attached hydrogen (secondary N) is 1. The van der Waals surface area contributed by atoms with E-state index in [2.05, 4.69) is 34.7 Å². The van der Waals surface area contributed by atoms with Gasteiger partial charge in [0.15, 0.2) is 0 Å². The fourth-order valence-corrected chi connectivity index (χ4v) is 1.65. The maximum absolute atomic E-state index is 7.52. The lowest BCUT2D eigenvalue weighted by atomic mass is 10.1. The van der Waals surface area contributed by atoms with Gasteiger partial charge in [-0.2, -0.15) is 0 Å². The number of nitrogens with zero attached hydrogens (tertiary/aromatic N) is 1. The molecule has 3 nitrogen and oxygen atoms in total. The summed E-state index contributed by atoms with van der Waals surface area (Å²) in [5, 5.41) is 7.52. The molecular weight excluding hydrogens is 254 g/mol. The molecule has 1 aromatic rings. The molecule has 0 spiro atoms. The largest absolute Gasteiger partial charge is 0.384 e. The number of amidine groups is 1. The van der Waals surface area contributed by atoms with Crippen LogP contribution in [0.5, 0.6) is 0 Å². The van der Waals surface area contributed by atoms with Crippen molar-refractivity contribution in [3.8, 4) is 0 Å². The van der Waals surface area contributed by atoms with Crippen LogP contribution in [0.2, 0.25) is 0 Å². The van der Waals surface area contributed by atoms with Crippen molar-refractivity contribution >= 4 is 27.5 Å². The normalized spacial score (nSPS) is 10.5. The van der Waals surface area contributed by atoms with Crippen LogP contribution in [-0.2, 0) is 0 Å². The lowest BCUT2D eigenvalue weighted by Gasteiger charge is -2.26. The SMILES string of the molecule is CC(C)N(C)c1cc(Br)ccc1C(=N)N. The van der Waals surface area contributed by atoms with Crippen molar-refractivity contribution < 1.29 is 0 Å². The number of nitrogen functional groups attached to an aromatic ring is 1. The summed E-state index contributed by atoms with van der Waals surface area (Å²) in [5.74, 6) is 0.102. The summed E-state index contributed by atoms with van der Waals surface area (Å²) >= 11 is 3.42. The maximum Gasteiger partial charge on any atom is 0.124 e. The Labute approximate surface area is 98.9 Å². The minimum Gasteiger partial charge on any atom is -0.384 e. The third-order valence-corrected chi connectivity index (χ3v) is 2.90. The van der Waals surface area contributed by atoms with E-state index in [0.717, 1.165) is 15.7 Å². The Morgan fingerprint density at radius 3 is 2.53 bits per heavy atom. The summed E-state index contributed by atoms with van der Waals surface area (Å²) < 4.78 is 0.995. The molecule has 0 radical (unpaired) electrons. The fourth-order valence-electron chi connectivity index (χ4n) is 1.30. The van der Waals surface area contributed by atoms with Gasteiger partial charge in [-0.3, -0.25) is 5.41 Å². The molecule has 0 saturated carbocycles. The first-order valence-electron chi connectivity index (χ1n) is 4.80. The molecule has 0 unspecified atom stereocenters. The van der Waals surface area contributed by atoms with E-state index in [0.29, 0.717) is 6.04 Å². The van der Waals surface area contributed by atoms with Crippen LogP contribution in [-0.4, -0.2) is 18.9 Å². The van der Waals surface area contributed by atoms with Crippen LogP contribution in [0.3, 0.4) is 0 Å². The summed E-state index contributed by atoms with van der Waals surface area (Å²) in [7, 11) is 2.00. The number of benzene rings is 1. The molecule has 0 heterocycles. The van der Waals surface area contributed by atoms with Crippen LogP contribution in [0.4, 0.5) is 5.69 Å². The predicted molar refractivity (Wildman–Crippen MR) is 68.7 cm³/mol. The molecule has 4 heteroatoms. The molecule has 1 aromatic carbocycles. The number of anilines is 1. The molecule has 0 aliphatic carbocycles. The Bertz CT molecular complexity index is 374. The Morgan fingerprint density at radius 2 is 2.07 bits per heavy atom. The van der Waals surface area contributed by atoms with Crippen molar-refractivity contribution in [3.05, 3.63) is 28.2 Å². The molecule has 82 valence electrons. The molecule has 0 amide bonds. The highest BCUT2D eigenvalue weighted by Crippen LogP contribution is 2.25. The summed E-state index contributed by atoms with van der Waals surface area (Å²) in [5.41, 5.74) is 7.30. The molecule has 1 rings (SSSR count). The lowest BCUT2D eigenvalue weighted by Crippen LogP contribution is -2.28. The quantitative estimate of drug-likeness (QED) is 0.655. The minimum atomic E-state index is 0.102. The highest BCUT2D eigenvalue weighted by Gasteiger charge is 2.12. The van der Waals surface area contributed by atoms with Crippen LogP contribution in [0.25, 0.3) is 0 Å². The first-order valence-corrected chi connectivity index (χ1v) is 5.59. The maximum atomic E-state index is 7.52. The van der Waals surface area contributed by atoms with Gasteiger partial charge in [-0.1, -0.05) is 15.9 Å². The average Bonchev–Trinajstić information content (AvgIpc) is 2.15. The zero-order chi connectivity index (χ0) is 11.6. The van der Waals surface area contributed by atoms with Crippen LogP contribution < -0.4 is 10.6 Å². The van der Waals surface area contributed by atoms with Crippen LogP contribution in [0.15, 0.2) is 22.7 Å². The third kappa shape index (κ3) is 2.72. The fraction of sp³-hybridized carbons (Fsp3) is 0.364. The van der Waals surface area contributed by atoms with E-state index in [1.54, 1.807) is 0 Å². The van der Waals surface area contributed by atoms with Gasteiger partial charge < -0.3 is 10.6 Å². The van der Waals surface area contributed by atoms with Gasteiger partial charge in [-0.15, -0.1) is 0 Å². The molecule has 3 N–H and O–H groups in total. The van der Waals surface area contributed by atoms with Crippen molar-refractivity contribution in [3.63, 3.8) is 0 Å². The molecular formula is C11H16BrN3. The highest BCUT2D eigenvalue weighted by atomic mass is 79.9. The molecule has 15 heavy (non-hydrogen) atoms. The number of halogens is 1. The number of hydrogen-bond acceptors (Lipinski definition) is 2. The molecule has 0 fully saturated rings. The number of hydrogen-bond donors (Lipinski definition) is 2. The van der Waals surface area contributed by atoms with E-state index in [1.165, 1.54) is 0 Å².